The Morgan fingerprint density at radius 1 is 1.39 bits per heavy atom. The first-order valence-electron chi connectivity index (χ1n) is 6.71. The van der Waals surface area contributed by atoms with Crippen LogP contribution in [-0.2, 0) is 6.42 Å². The van der Waals surface area contributed by atoms with Gasteiger partial charge in [-0.2, -0.15) is 0 Å². The smallest absolute Gasteiger partial charge is 0.135 e. The van der Waals surface area contributed by atoms with Crippen molar-refractivity contribution in [2.24, 2.45) is 5.92 Å². The van der Waals surface area contributed by atoms with Gasteiger partial charge in [-0.15, -0.1) is 0 Å². The molecule has 1 aromatic carbocycles. The molecule has 0 saturated carbocycles. The molecule has 96 valence electrons. The Morgan fingerprint density at radius 2 is 2.28 bits per heavy atom. The molecule has 1 atom stereocenters. The molecule has 0 radical (unpaired) electrons. The average Bonchev–Trinajstić information content (AvgIpc) is 2.76. The minimum absolute atomic E-state index is 0.0394. The van der Waals surface area contributed by atoms with Gasteiger partial charge in [0.15, 0.2) is 0 Å². The van der Waals surface area contributed by atoms with Crippen LogP contribution in [0.2, 0.25) is 0 Å². The second-order valence-electron chi connectivity index (χ2n) is 5.37. The molecule has 1 unspecified atom stereocenters. The van der Waals surface area contributed by atoms with Gasteiger partial charge in [0.25, 0.3) is 0 Å². The number of hydrogen-bond acceptors (Lipinski definition) is 1. The predicted octanol–water partition coefficient (Wildman–Crippen LogP) is 3.16. The predicted molar refractivity (Wildman–Crippen MR) is 72.3 cm³/mol. The summed E-state index contributed by atoms with van der Waals surface area (Å²) in [6.45, 7) is 4.09. The fourth-order valence-electron chi connectivity index (χ4n) is 2.92. The van der Waals surface area contributed by atoms with Gasteiger partial charge >= 0.3 is 0 Å². The van der Waals surface area contributed by atoms with Crippen molar-refractivity contribution in [2.75, 3.05) is 13.1 Å². The van der Waals surface area contributed by atoms with Gasteiger partial charge in [-0.3, -0.25) is 0 Å². The molecule has 1 saturated heterocycles. The zero-order chi connectivity index (χ0) is 12.5. The lowest BCUT2D eigenvalue weighted by atomic mass is 9.91. The highest BCUT2D eigenvalue weighted by Gasteiger charge is 2.17. The van der Waals surface area contributed by atoms with Gasteiger partial charge in [-0.1, -0.05) is 6.07 Å². The van der Waals surface area contributed by atoms with E-state index in [0.717, 1.165) is 41.7 Å². The third kappa shape index (κ3) is 2.15. The number of fused-ring (bicyclic) bond motifs is 1. The number of benzene rings is 1. The third-order valence-corrected chi connectivity index (χ3v) is 3.86. The second kappa shape index (κ2) is 4.73. The molecule has 3 heteroatoms. The molecule has 2 heterocycles. The van der Waals surface area contributed by atoms with E-state index in [1.807, 2.05) is 25.1 Å². The quantitative estimate of drug-likeness (QED) is 0.837. The summed E-state index contributed by atoms with van der Waals surface area (Å²) in [5.41, 5.74) is 2.77. The van der Waals surface area contributed by atoms with E-state index in [1.165, 1.54) is 12.8 Å². The van der Waals surface area contributed by atoms with Crippen molar-refractivity contribution < 1.29 is 4.39 Å². The molecule has 3 rings (SSSR count). The van der Waals surface area contributed by atoms with Gasteiger partial charge < -0.3 is 10.3 Å². The van der Waals surface area contributed by atoms with Gasteiger partial charge in [0, 0.05) is 16.6 Å². The molecule has 2 N–H and O–H groups in total. The summed E-state index contributed by atoms with van der Waals surface area (Å²) in [6, 6.07) is 5.83. The van der Waals surface area contributed by atoms with E-state index in [1.54, 1.807) is 0 Å². The molecule has 1 aromatic heterocycles. The maximum atomic E-state index is 14.4. The van der Waals surface area contributed by atoms with Crippen LogP contribution >= 0.6 is 0 Å². The number of aromatic nitrogens is 1. The maximum Gasteiger partial charge on any atom is 0.135 e. The highest BCUT2D eigenvalue weighted by molar-refractivity contribution is 5.81. The van der Waals surface area contributed by atoms with Crippen LogP contribution in [-0.4, -0.2) is 18.1 Å². The minimum Gasteiger partial charge on any atom is -0.359 e. The number of piperidine rings is 1. The number of H-pyrrole nitrogens is 1. The van der Waals surface area contributed by atoms with Gasteiger partial charge in [-0.05, 0) is 62.9 Å². The Morgan fingerprint density at radius 3 is 3.06 bits per heavy atom. The Bertz CT molecular complexity index is 553. The molecule has 2 nitrogen and oxygen atoms in total. The van der Waals surface area contributed by atoms with E-state index in [9.17, 15) is 4.39 Å². The third-order valence-electron chi connectivity index (χ3n) is 3.86. The van der Waals surface area contributed by atoms with E-state index in [-0.39, 0.29) is 5.82 Å². The largest absolute Gasteiger partial charge is 0.359 e. The number of nitrogens with one attached hydrogen (secondary N) is 2. The molecule has 1 aliphatic heterocycles. The molecule has 18 heavy (non-hydrogen) atoms. The van der Waals surface area contributed by atoms with Crippen molar-refractivity contribution >= 4 is 10.9 Å². The van der Waals surface area contributed by atoms with Crippen LogP contribution in [0.15, 0.2) is 18.2 Å². The van der Waals surface area contributed by atoms with Crippen molar-refractivity contribution in [2.45, 2.75) is 26.2 Å². The van der Waals surface area contributed by atoms with Crippen LogP contribution in [0.25, 0.3) is 10.9 Å². The van der Waals surface area contributed by atoms with Gasteiger partial charge in [0.2, 0.25) is 0 Å². The lowest BCUT2D eigenvalue weighted by Gasteiger charge is -2.22. The summed E-state index contributed by atoms with van der Waals surface area (Å²) in [5, 5.41) is 4.12. The summed E-state index contributed by atoms with van der Waals surface area (Å²) in [6.07, 6.45) is 3.26. The maximum absolute atomic E-state index is 14.4. The fraction of sp³-hybridized carbons (Fsp3) is 0.467. The molecule has 0 aliphatic carbocycles. The van der Waals surface area contributed by atoms with Crippen molar-refractivity contribution in [3.63, 3.8) is 0 Å². The van der Waals surface area contributed by atoms with Gasteiger partial charge in [-0.25, -0.2) is 4.39 Å². The normalized spacial score (nSPS) is 20.4. The van der Waals surface area contributed by atoms with E-state index >= 15 is 0 Å². The topological polar surface area (TPSA) is 27.8 Å². The van der Waals surface area contributed by atoms with Crippen LogP contribution in [0, 0.1) is 18.7 Å². The molecule has 1 fully saturated rings. The van der Waals surface area contributed by atoms with E-state index in [0.29, 0.717) is 5.92 Å². The van der Waals surface area contributed by atoms with E-state index in [4.69, 9.17) is 0 Å². The summed E-state index contributed by atoms with van der Waals surface area (Å²) < 4.78 is 14.4. The molecular formula is C15H19FN2. The Balaban J connectivity index is 1.89. The van der Waals surface area contributed by atoms with Crippen LogP contribution in [0.3, 0.4) is 0 Å². The van der Waals surface area contributed by atoms with E-state index in [2.05, 4.69) is 10.3 Å². The summed E-state index contributed by atoms with van der Waals surface area (Å²) in [7, 11) is 0. The summed E-state index contributed by atoms with van der Waals surface area (Å²) in [5.74, 6) is 0.535. The first kappa shape index (κ1) is 11.7. The lowest BCUT2D eigenvalue weighted by molar-refractivity contribution is 0.372. The monoisotopic (exact) mass is 246 g/mol. The Hall–Kier alpha value is -1.35. The van der Waals surface area contributed by atoms with Crippen molar-refractivity contribution in [1.82, 2.24) is 10.3 Å². The van der Waals surface area contributed by atoms with Gasteiger partial charge in [0.05, 0.1) is 0 Å². The second-order valence-corrected chi connectivity index (χ2v) is 5.37. The molecule has 1 aliphatic rings. The Kier molecular flexibility index (Phi) is 3.08. The van der Waals surface area contributed by atoms with Crippen LogP contribution in [0.1, 0.15) is 24.1 Å². The van der Waals surface area contributed by atoms with Crippen LogP contribution in [0.5, 0.6) is 0 Å². The number of rotatable bonds is 2. The van der Waals surface area contributed by atoms with Crippen molar-refractivity contribution in [1.29, 1.82) is 0 Å². The van der Waals surface area contributed by atoms with Crippen molar-refractivity contribution in [3.8, 4) is 0 Å². The van der Waals surface area contributed by atoms with E-state index < -0.39 is 0 Å². The van der Waals surface area contributed by atoms with Crippen LogP contribution in [0.4, 0.5) is 4.39 Å². The molecular weight excluding hydrogens is 227 g/mol. The highest BCUT2D eigenvalue weighted by Crippen LogP contribution is 2.25. The molecule has 0 amide bonds. The zero-order valence-electron chi connectivity index (χ0n) is 10.7. The first-order chi connectivity index (χ1) is 8.74. The number of hydrogen-bond donors (Lipinski definition) is 2. The highest BCUT2D eigenvalue weighted by atomic mass is 19.1. The first-order valence-corrected chi connectivity index (χ1v) is 6.71. The number of aromatic amines is 1. The number of aryl methyl sites for hydroxylation is 1. The van der Waals surface area contributed by atoms with Gasteiger partial charge in [0.1, 0.15) is 5.82 Å². The fourth-order valence-corrected chi connectivity index (χ4v) is 2.92. The summed E-state index contributed by atoms with van der Waals surface area (Å²) in [4.78, 5) is 3.18. The standard InChI is InChI=1S/C15H19FN2/c1-10-7-13-14(18-10)5-4-12(15(13)16)8-11-3-2-6-17-9-11/h4-5,7,11,17-18H,2-3,6,8-9H2,1H3. The SMILES string of the molecule is Cc1cc2c(F)c(CC3CCCNC3)ccc2[nH]1. The average molecular weight is 246 g/mol. The summed E-state index contributed by atoms with van der Waals surface area (Å²) >= 11 is 0. The Labute approximate surface area is 107 Å². The zero-order valence-corrected chi connectivity index (χ0v) is 10.7. The molecule has 0 bridgehead atoms. The van der Waals surface area contributed by atoms with Crippen molar-refractivity contribution in [3.05, 3.63) is 35.3 Å². The van der Waals surface area contributed by atoms with Crippen LogP contribution < -0.4 is 5.32 Å². The molecule has 2 aromatic rings. The molecule has 0 spiro atoms. The number of halogens is 1. The lowest BCUT2D eigenvalue weighted by Crippen LogP contribution is -2.31. The minimum atomic E-state index is -0.0394.